The molecule has 2 aliphatic rings. The second-order valence-electron chi connectivity index (χ2n) is 5.94. The maximum Gasteiger partial charge on any atom is 0.144 e. The van der Waals surface area contributed by atoms with Crippen molar-refractivity contribution >= 4 is 5.82 Å². The molecular weight excluding hydrogens is 250 g/mol. The van der Waals surface area contributed by atoms with Crippen LogP contribution in [-0.4, -0.2) is 23.2 Å². The van der Waals surface area contributed by atoms with Gasteiger partial charge in [-0.05, 0) is 37.8 Å². The van der Waals surface area contributed by atoms with Crippen molar-refractivity contribution in [2.24, 2.45) is 0 Å². The van der Waals surface area contributed by atoms with E-state index in [0.29, 0.717) is 17.4 Å². The number of hydrogen-bond donors (Lipinski definition) is 1. The van der Waals surface area contributed by atoms with Gasteiger partial charge in [0.25, 0.3) is 0 Å². The van der Waals surface area contributed by atoms with E-state index in [2.05, 4.69) is 16.4 Å². The molecule has 20 heavy (non-hydrogen) atoms. The first-order valence-electron chi connectivity index (χ1n) is 7.57. The van der Waals surface area contributed by atoms with Crippen molar-refractivity contribution in [1.82, 2.24) is 4.98 Å². The van der Waals surface area contributed by atoms with Gasteiger partial charge in [-0.2, -0.15) is 5.26 Å². The van der Waals surface area contributed by atoms with Crippen LogP contribution in [0.25, 0.3) is 0 Å². The molecule has 1 spiro atoms. The second kappa shape index (κ2) is 5.80. The third-order valence-corrected chi connectivity index (χ3v) is 4.53. The molecule has 1 saturated carbocycles. The predicted molar refractivity (Wildman–Crippen MR) is 77.4 cm³/mol. The number of rotatable bonds is 2. The Balaban J connectivity index is 1.70. The summed E-state index contributed by atoms with van der Waals surface area (Å²) in [5.41, 5.74) is 0.701. The van der Waals surface area contributed by atoms with E-state index in [4.69, 9.17) is 10.00 Å². The number of nitrogens with one attached hydrogen (secondary N) is 1. The van der Waals surface area contributed by atoms with Crippen LogP contribution in [0.4, 0.5) is 5.82 Å². The smallest absolute Gasteiger partial charge is 0.144 e. The highest BCUT2D eigenvalue weighted by Gasteiger charge is 2.38. The first kappa shape index (κ1) is 13.4. The summed E-state index contributed by atoms with van der Waals surface area (Å²) in [6, 6.07) is 6.18. The molecule has 0 bridgehead atoms. The van der Waals surface area contributed by atoms with Gasteiger partial charge in [0.1, 0.15) is 11.9 Å². The van der Waals surface area contributed by atoms with E-state index in [1.54, 1.807) is 12.3 Å². The van der Waals surface area contributed by atoms with E-state index >= 15 is 0 Å². The van der Waals surface area contributed by atoms with Crippen LogP contribution in [0.3, 0.4) is 0 Å². The zero-order valence-corrected chi connectivity index (χ0v) is 11.8. The van der Waals surface area contributed by atoms with E-state index in [9.17, 15) is 0 Å². The normalized spacial score (nSPS) is 25.1. The van der Waals surface area contributed by atoms with Crippen molar-refractivity contribution in [1.29, 1.82) is 5.26 Å². The van der Waals surface area contributed by atoms with Crippen LogP contribution in [0.1, 0.15) is 50.5 Å². The molecule has 1 saturated heterocycles. The molecule has 4 heteroatoms. The Morgan fingerprint density at radius 3 is 3.00 bits per heavy atom. The lowest BCUT2D eigenvalue weighted by molar-refractivity contribution is -0.103. The number of nitrogens with zero attached hydrogens (tertiary/aromatic N) is 2. The number of ether oxygens (including phenoxy) is 1. The first-order chi connectivity index (χ1) is 9.81. The Hall–Kier alpha value is -1.60. The molecule has 1 aliphatic heterocycles. The van der Waals surface area contributed by atoms with Gasteiger partial charge in [0.15, 0.2) is 0 Å². The molecule has 0 aromatic carbocycles. The lowest BCUT2D eigenvalue weighted by atomic mass is 9.78. The van der Waals surface area contributed by atoms with Crippen LogP contribution in [0.15, 0.2) is 18.3 Å². The molecule has 0 unspecified atom stereocenters. The lowest BCUT2D eigenvalue weighted by Gasteiger charge is -2.43. The highest BCUT2D eigenvalue weighted by molar-refractivity contribution is 5.51. The summed E-state index contributed by atoms with van der Waals surface area (Å²) in [6.07, 6.45) is 10.0. The lowest BCUT2D eigenvalue weighted by Crippen LogP contribution is -2.45. The summed E-state index contributed by atoms with van der Waals surface area (Å²) >= 11 is 0. The summed E-state index contributed by atoms with van der Waals surface area (Å²) in [5, 5.41) is 12.6. The summed E-state index contributed by atoms with van der Waals surface area (Å²) in [5.74, 6) is 0.716. The van der Waals surface area contributed by atoms with Crippen LogP contribution in [-0.2, 0) is 4.74 Å². The Kier molecular flexibility index (Phi) is 3.88. The van der Waals surface area contributed by atoms with Gasteiger partial charge in [-0.1, -0.05) is 19.3 Å². The van der Waals surface area contributed by atoms with Crippen molar-refractivity contribution in [2.75, 3.05) is 11.9 Å². The van der Waals surface area contributed by atoms with Gasteiger partial charge in [0, 0.05) is 18.8 Å². The van der Waals surface area contributed by atoms with Crippen LogP contribution in [0, 0.1) is 11.3 Å². The quantitative estimate of drug-likeness (QED) is 0.897. The van der Waals surface area contributed by atoms with Crippen molar-refractivity contribution in [3.05, 3.63) is 23.9 Å². The van der Waals surface area contributed by atoms with E-state index in [-0.39, 0.29) is 5.60 Å². The molecule has 0 amide bonds. The minimum absolute atomic E-state index is 0.0791. The van der Waals surface area contributed by atoms with Gasteiger partial charge in [-0.3, -0.25) is 0 Å². The number of anilines is 1. The molecule has 106 valence electrons. The van der Waals surface area contributed by atoms with Crippen molar-refractivity contribution < 1.29 is 4.74 Å². The largest absolute Gasteiger partial charge is 0.375 e. The van der Waals surface area contributed by atoms with E-state index in [1.807, 2.05) is 6.07 Å². The second-order valence-corrected chi connectivity index (χ2v) is 5.94. The Labute approximate surface area is 120 Å². The summed E-state index contributed by atoms with van der Waals surface area (Å²) in [7, 11) is 0. The Morgan fingerprint density at radius 2 is 2.20 bits per heavy atom. The Bertz CT molecular complexity index is 497. The van der Waals surface area contributed by atoms with Crippen LogP contribution in [0.2, 0.25) is 0 Å². The monoisotopic (exact) mass is 271 g/mol. The van der Waals surface area contributed by atoms with Gasteiger partial charge >= 0.3 is 0 Å². The van der Waals surface area contributed by atoms with E-state index < -0.39 is 0 Å². The van der Waals surface area contributed by atoms with Crippen molar-refractivity contribution in [3.8, 4) is 6.07 Å². The molecule has 0 radical (unpaired) electrons. The first-order valence-corrected chi connectivity index (χ1v) is 7.57. The van der Waals surface area contributed by atoms with Gasteiger partial charge < -0.3 is 10.1 Å². The fourth-order valence-corrected chi connectivity index (χ4v) is 3.50. The predicted octanol–water partition coefficient (Wildman–Crippen LogP) is 3.25. The minimum atomic E-state index is 0.0791. The van der Waals surface area contributed by atoms with Gasteiger partial charge in [0.2, 0.25) is 0 Å². The zero-order chi connectivity index (χ0) is 13.8. The van der Waals surface area contributed by atoms with Crippen molar-refractivity contribution in [3.63, 3.8) is 0 Å². The van der Waals surface area contributed by atoms with Gasteiger partial charge in [-0.15, -0.1) is 0 Å². The molecular formula is C16H21N3O. The number of hydrogen-bond acceptors (Lipinski definition) is 4. The van der Waals surface area contributed by atoms with Crippen LogP contribution >= 0.6 is 0 Å². The summed E-state index contributed by atoms with van der Waals surface area (Å²) in [6.45, 7) is 0.812. The molecule has 4 nitrogen and oxygen atoms in total. The molecule has 2 fully saturated rings. The number of aromatic nitrogens is 1. The molecule has 3 rings (SSSR count). The summed E-state index contributed by atoms with van der Waals surface area (Å²) < 4.78 is 6.11. The molecule has 2 heterocycles. The van der Waals surface area contributed by atoms with E-state index in [0.717, 1.165) is 19.4 Å². The maximum atomic E-state index is 9.14. The number of pyridine rings is 1. The standard InChI is InChI=1S/C16H21N3O/c17-12-13-5-4-9-18-15(13)19-14-6-10-20-16(11-14)7-2-1-3-8-16/h4-5,9,14H,1-3,6-8,10-11H2,(H,18,19)/t14-/m0/s1. The summed E-state index contributed by atoms with van der Waals surface area (Å²) in [4.78, 5) is 4.30. The average molecular weight is 271 g/mol. The number of nitriles is 1. The SMILES string of the molecule is N#Cc1cccnc1N[C@H]1CCOC2(CCCCC2)C1. The molecule has 1 N–H and O–H groups in total. The molecule has 1 aromatic rings. The Morgan fingerprint density at radius 1 is 1.35 bits per heavy atom. The third kappa shape index (κ3) is 2.78. The molecule has 1 aromatic heterocycles. The zero-order valence-electron chi connectivity index (χ0n) is 11.8. The molecule has 1 atom stereocenters. The fraction of sp³-hybridized carbons (Fsp3) is 0.625. The third-order valence-electron chi connectivity index (χ3n) is 4.53. The van der Waals surface area contributed by atoms with Gasteiger partial charge in [-0.25, -0.2) is 4.98 Å². The topological polar surface area (TPSA) is 57.9 Å². The highest BCUT2D eigenvalue weighted by atomic mass is 16.5. The highest BCUT2D eigenvalue weighted by Crippen LogP contribution is 2.39. The van der Waals surface area contributed by atoms with Crippen molar-refractivity contribution in [2.45, 2.75) is 56.6 Å². The average Bonchev–Trinajstić information content (AvgIpc) is 2.49. The molecule has 1 aliphatic carbocycles. The van der Waals surface area contributed by atoms with Gasteiger partial charge in [0.05, 0.1) is 11.2 Å². The van der Waals surface area contributed by atoms with Crippen LogP contribution in [0.5, 0.6) is 0 Å². The maximum absolute atomic E-state index is 9.14. The van der Waals surface area contributed by atoms with E-state index in [1.165, 1.54) is 32.1 Å². The minimum Gasteiger partial charge on any atom is -0.375 e. The fourth-order valence-electron chi connectivity index (χ4n) is 3.50. The van der Waals surface area contributed by atoms with Crippen LogP contribution < -0.4 is 5.32 Å².